The van der Waals surface area contributed by atoms with Crippen molar-refractivity contribution >= 4 is 62.6 Å². The molecule has 0 radical (unpaired) electrons. The molecule has 0 aliphatic carbocycles. The van der Waals surface area contributed by atoms with Crippen LogP contribution in [0.3, 0.4) is 0 Å². The zero-order valence-corrected chi connectivity index (χ0v) is 43.2. The van der Waals surface area contributed by atoms with E-state index in [0.29, 0.717) is 30.3 Å². The van der Waals surface area contributed by atoms with E-state index in [-0.39, 0.29) is 6.07 Å². The smallest absolute Gasteiger partial charge is 0.348 e. The van der Waals surface area contributed by atoms with E-state index >= 15 is 4.79 Å². The fourth-order valence-electron chi connectivity index (χ4n) is 10.6. The summed E-state index contributed by atoms with van der Waals surface area (Å²) < 4.78 is 44.1. The summed E-state index contributed by atoms with van der Waals surface area (Å²) in [5, 5.41) is 206. The van der Waals surface area contributed by atoms with Crippen LogP contribution in [-0.4, -0.2) is 158 Å². The summed E-state index contributed by atoms with van der Waals surface area (Å²) in [6.45, 7) is -1.66. The van der Waals surface area contributed by atoms with Crippen molar-refractivity contribution in [1.29, 1.82) is 0 Å². The fourth-order valence-corrected chi connectivity index (χ4v) is 10.6. The molecule has 0 saturated carbocycles. The van der Waals surface area contributed by atoms with Gasteiger partial charge in [0.05, 0.1) is 38.6 Å². The van der Waals surface area contributed by atoms with Gasteiger partial charge in [-0.05, 0) is 30.3 Å². The van der Waals surface area contributed by atoms with Gasteiger partial charge in [0, 0.05) is 39.3 Å². The number of benzene rings is 7. The molecule has 9 aromatic rings. The lowest BCUT2D eigenvalue weighted by molar-refractivity contribution is -0.154. The molecule has 0 unspecified atom stereocenters. The normalized spacial score (nSPS) is 18.1. The second-order valence-electron chi connectivity index (χ2n) is 19.7. The highest BCUT2D eigenvalue weighted by molar-refractivity contribution is 6.24. The second kappa shape index (κ2) is 19.3. The molecule has 4 bridgehead atoms. The first kappa shape index (κ1) is 56.5. The molecule has 89 heavy (non-hydrogen) atoms. The summed E-state index contributed by atoms with van der Waals surface area (Å²) >= 11 is 0. The van der Waals surface area contributed by atoms with Gasteiger partial charge < -0.3 is 134 Å². The fraction of sp³-hybridized carbons (Fsp3) is 0.109. The molecule has 19 N–H and O–H groups in total. The van der Waals surface area contributed by atoms with Crippen molar-refractivity contribution in [3.05, 3.63) is 90.6 Å². The minimum absolute atomic E-state index is 0.274. The molecule has 0 spiro atoms. The zero-order valence-electron chi connectivity index (χ0n) is 43.2. The SMILES string of the molecule is O=C(O[C@H]1COC(=O)c2cc(O)c(O)c(O)c2-c2c(cc(O)c(O)c2O)C(=O)O[C@H]1[C@@H]1OC(=O)c2cc(O)c(O)c(O)c2-c2c(O)c(O)c(O)c3c2C(=O)O[C@@H]1[C@@H]3O)c1cc(O)c(O)c(Oc2cc3c(=O)oc4c(O)c(O)c(O)c5c(=O)oc(c2O)c3c45)c1. The van der Waals surface area contributed by atoms with Gasteiger partial charge in [-0.25, -0.2) is 33.6 Å². The maximum atomic E-state index is 15.0. The Kier molecular flexibility index (Phi) is 12.2. The van der Waals surface area contributed by atoms with E-state index in [9.17, 15) is 126 Å². The van der Waals surface area contributed by atoms with E-state index in [1.807, 2.05) is 0 Å². The quantitative estimate of drug-likeness (QED) is 0.0387. The number of aliphatic hydroxyl groups is 1. The predicted molar refractivity (Wildman–Crippen MR) is 280 cm³/mol. The molecule has 34 heteroatoms. The molecular weight excluding hydrogens is 1200 g/mol. The molecule has 456 valence electrons. The molecule has 4 aliphatic heterocycles. The Morgan fingerprint density at radius 2 is 0.876 bits per heavy atom. The minimum Gasteiger partial charge on any atom is -0.504 e. The number of ether oxygens (including phenoxy) is 6. The highest BCUT2D eigenvalue weighted by atomic mass is 16.6. The largest absolute Gasteiger partial charge is 0.504 e. The van der Waals surface area contributed by atoms with Gasteiger partial charge in [0.1, 0.15) is 18.1 Å². The molecule has 7 aromatic carbocycles. The lowest BCUT2D eigenvalue weighted by atomic mass is 9.82. The Hall–Kier alpha value is -13.0. The van der Waals surface area contributed by atoms with Crippen LogP contribution in [-0.2, 0) is 23.7 Å². The van der Waals surface area contributed by atoms with E-state index in [1.54, 1.807) is 0 Å². The third-order valence-electron chi connectivity index (χ3n) is 14.7. The molecule has 0 fully saturated rings. The number of aliphatic hydroxyl groups excluding tert-OH is 1. The number of hydrogen-bond acceptors (Lipinski definition) is 34. The molecule has 6 heterocycles. The van der Waals surface area contributed by atoms with E-state index < -0.39 is 282 Å². The van der Waals surface area contributed by atoms with E-state index in [2.05, 4.69) is 0 Å². The number of esters is 5. The van der Waals surface area contributed by atoms with Crippen LogP contribution in [0, 0.1) is 0 Å². The molecular formula is C55H32O34. The summed E-state index contributed by atoms with van der Waals surface area (Å²) in [7, 11) is 0. The van der Waals surface area contributed by atoms with Crippen molar-refractivity contribution in [2.75, 3.05) is 6.61 Å². The standard InChI is InChI=1S/C55H32O34/c56-13-1-8(2-17(29(13)60)83-18-6-12-23-25-28(55(81)87-45(23)33(18)64)39(70)42(73)43(74)46(25)86-53(12)79)49(75)84-19-7-82-50(76)9-3-14(57)30(61)34(65)20(9)21-10(4-15(58)31(62)35(21)66)51(77)85-44(19)48-47-40(71)27-26(54(80)88-47)24(37(68)41(72)38(27)69)22-11(52(78)89-48)5-16(59)32(63)36(22)67/h1-6,19,40,44,47-48,56-74H,7H2/t19-,40+,44+,47+,48-/m0/s1. The van der Waals surface area contributed by atoms with Gasteiger partial charge in [-0.15, -0.1) is 0 Å². The van der Waals surface area contributed by atoms with Crippen molar-refractivity contribution < 1.29 is 158 Å². The van der Waals surface area contributed by atoms with Crippen molar-refractivity contribution in [2.24, 2.45) is 0 Å². The van der Waals surface area contributed by atoms with Gasteiger partial charge in [-0.2, -0.15) is 0 Å². The topological polar surface area (TPSA) is 586 Å². The van der Waals surface area contributed by atoms with Gasteiger partial charge in [-0.1, -0.05) is 0 Å². The highest BCUT2D eigenvalue weighted by Crippen LogP contribution is 2.59. The summed E-state index contributed by atoms with van der Waals surface area (Å²) in [5.74, 6) is -37.3. The number of cyclic esters (lactones) is 2. The number of hydrogen-bond donors (Lipinski definition) is 19. The number of carbonyl (C=O) groups is 5. The van der Waals surface area contributed by atoms with Gasteiger partial charge in [0.15, 0.2) is 105 Å². The molecule has 0 amide bonds. The summed E-state index contributed by atoms with van der Waals surface area (Å²) in [6, 6.07) is 2.52. The lowest BCUT2D eigenvalue weighted by Gasteiger charge is -2.40. The predicted octanol–water partition coefficient (Wildman–Crippen LogP) is 3.05. The van der Waals surface area contributed by atoms with Crippen LogP contribution < -0.4 is 16.0 Å². The van der Waals surface area contributed by atoms with Crippen molar-refractivity contribution in [3.8, 4) is 137 Å². The van der Waals surface area contributed by atoms with Crippen molar-refractivity contribution in [1.82, 2.24) is 0 Å². The number of fused-ring (bicyclic) bond motifs is 6. The maximum Gasteiger partial charge on any atom is 0.348 e. The monoisotopic (exact) mass is 1240 g/mol. The first-order valence-corrected chi connectivity index (χ1v) is 24.7. The zero-order chi connectivity index (χ0) is 64.3. The molecule has 13 rings (SSSR count). The Labute approximate surface area is 484 Å². The number of carbonyl (C=O) groups excluding carboxylic acids is 5. The summed E-state index contributed by atoms with van der Waals surface area (Å²) in [4.78, 5) is 99.9. The van der Waals surface area contributed by atoms with Crippen LogP contribution in [0.25, 0.3) is 55.0 Å². The number of phenols is 18. The van der Waals surface area contributed by atoms with Crippen LogP contribution in [0.5, 0.6) is 115 Å². The second-order valence-corrected chi connectivity index (χ2v) is 19.7. The van der Waals surface area contributed by atoms with Crippen LogP contribution in [0.15, 0.2) is 54.8 Å². The van der Waals surface area contributed by atoms with Gasteiger partial charge in [-0.3, -0.25) is 0 Å². The number of rotatable bonds is 5. The van der Waals surface area contributed by atoms with Crippen molar-refractivity contribution in [3.63, 3.8) is 0 Å². The van der Waals surface area contributed by atoms with Crippen molar-refractivity contribution in [2.45, 2.75) is 30.5 Å². The van der Waals surface area contributed by atoms with Crippen LogP contribution in [0.4, 0.5) is 0 Å². The van der Waals surface area contributed by atoms with Crippen LogP contribution in [0.2, 0.25) is 0 Å². The van der Waals surface area contributed by atoms with Gasteiger partial charge >= 0.3 is 41.1 Å². The first-order valence-electron chi connectivity index (χ1n) is 24.7. The highest BCUT2D eigenvalue weighted by Gasteiger charge is 2.54. The Morgan fingerprint density at radius 3 is 1.46 bits per heavy atom. The van der Waals surface area contributed by atoms with Crippen LogP contribution in [0.1, 0.15) is 63.5 Å². The number of phenolic OH excluding ortho intramolecular Hbond substituents is 18. The molecule has 34 nitrogen and oxygen atoms in total. The molecule has 0 saturated heterocycles. The Bertz CT molecular complexity index is 4900. The van der Waals surface area contributed by atoms with E-state index in [0.717, 1.165) is 0 Å². The van der Waals surface area contributed by atoms with Gasteiger partial charge in [0.25, 0.3) is 0 Å². The van der Waals surface area contributed by atoms with Gasteiger partial charge in [0.2, 0.25) is 46.0 Å². The Balaban J connectivity index is 1.04. The number of aromatic hydroxyl groups is 18. The van der Waals surface area contributed by atoms with E-state index in [4.69, 9.17) is 37.3 Å². The summed E-state index contributed by atoms with van der Waals surface area (Å²) in [6.07, 6.45) is -14.2. The average Bonchev–Trinajstić information content (AvgIpc) is 0.819. The lowest BCUT2D eigenvalue weighted by Crippen LogP contribution is -2.56. The molecule has 5 atom stereocenters. The maximum absolute atomic E-state index is 15.0. The molecule has 4 aliphatic rings. The average molecular weight is 1240 g/mol. The van der Waals surface area contributed by atoms with E-state index in [1.165, 1.54) is 0 Å². The minimum atomic E-state index is -2.97. The van der Waals surface area contributed by atoms with Crippen LogP contribution >= 0.6 is 0 Å². The first-order chi connectivity index (χ1) is 41.9. The summed E-state index contributed by atoms with van der Waals surface area (Å²) in [5.41, 5.74) is -16.7. The third-order valence-corrected chi connectivity index (χ3v) is 14.7. The molecule has 2 aromatic heterocycles. The Morgan fingerprint density at radius 1 is 0.404 bits per heavy atom. The third kappa shape index (κ3) is 7.96.